The minimum absolute atomic E-state index is 0.130. The minimum Gasteiger partial charge on any atom is -0.496 e. The van der Waals surface area contributed by atoms with E-state index in [1.54, 1.807) is 18.3 Å². The van der Waals surface area contributed by atoms with Crippen LogP contribution in [-0.4, -0.2) is 39.3 Å². The van der Waals surface area contributed by atoms with Gasteiger partial charge in [-0.3, -0.25) is 5.01 Å². The molecule has 1 saturated heterocycles. The summed E-state index contributed by atoms with van der Waals surface area (Å²) < 4.78 is 29.0. The molecule has 0 amide bonds. The third-order valence-corrected chi connectivity index (χ3v) is 5.79. The molecule has 0 bridgehead atoms. The topological polar surface area (TPSA) is 59.0 Å². The van der Waals surface area contributed by atoms with Crippen LogP contribution in [0.5, 0.6) is 5.75 Å². The maximum absolute atomic E-state index is 11.9. The van der Waals surface area contributed by atoms with Crippen molar-refractivity contribution >= 4 is 21.7 Å². The summed E-state index contributed by atoms with van der Waals surface area (Å²) in [6.07, 6.45) is 2.30. The fourth-order valence-electron chi connectivity index (χ4n) is 2.82. The summed E-state index contributed by atoms with van der Waals surface area (Å²) in [5.74, 6) is 1.07. The van der Waals surface area contributed by atoms with Crippen LogP contribution in [0, 0.1) is 0 Å². The first-order valence-corrected chi connectivity index (χ1v) is 9.63. The third kappa shape index (κ3) is 3.76. The third-order valence-electron chi connectivity index (χ3n) is 4.04. The van der Waals surface area contributed by atoms with Crippen molar-refractivity contribution in [2.45, 2.75) is 12.5 Å². The largest absolute Gasteiger partial charge is 0.496 e. The number of hydrogen-bond donors (Lipinski definition) is 0. The second-order valence-electron chi connectivity index (χ2n) is 5.72. The molecule has 0 unspecified atom stereocenters. The van der Waals surface area contributed by atoms with E-state index < -0.39 is 9.84 Å². The van der Waals surface area contributed by atoms with Crippen LogP contribution < -0.4 is 9.75 Å². The van der Waals surface area contributed by atoms with Crippen LogP contribution in [0.4, 0.5) is 5.69 Å². The Labute approximate surface area is 142 Å². The van der Waals surface area contributed by atoms with Gasteiger partial charge >= 0.3 is 0 Å². The zero-order valence-corrected chi connectivity index (χ0v) is 14.3. The van der Waals surface area contributed by atoms with Crippen LogP contribution >= 0.6 is 0 Å². The lowest BCUT2D eigenvalue weighted by atomic mass is 10.2. The number of rotatable bonds is 5. The van der Waals surface area contributed by atoms with Gasteiger partial charge in [-0.25, -0.2) is 8.42 Å². The first kappa shape index (κ1) is 16.5. The predicted octanol–water partition coefficient (Wildman–Crippen LogP) is 2.72. The molecule has 5 nitrogen and oxygen atoms in total. The zero-order valence-electron chi connectivity index (χ0n) is 13.5. The van der Waals surface area contributed by atoms with Gasteiger partial charge in [0.05, 0.1) is 36.6 Å². The highest BCUT2D eigenvalue weighted by molar-refractivity contribution is 7.91. The molecule has 0 radical (unpaired) electrons. The number of benzene rings is 2. The lowest BCUT2D eigenvalue weighted by molar-refractivity contribution is 0.414. The normalized spacial score (nSPS) is 19.5. The van der Waals surface area contributed by atoms with E-state index in [1.165, 1.54) is 0 Å². The molecule has 0 N–H and O–H groups in total. The Balaban J connectivity index is 1.92. The molecule has 0 spiro atoms. The van der Waals surface area contributed by atoms with Gasteiger partial charge in [0.2, 0.25) is 0 Å². The number of anilines is 1. The van der Waals surface area contributed by atoms with Gasteiger partial charge in [-0.1, -0.05) is 30.3 Å². The molecule has 24 heavy (non-hydrogen) atoms. The summed E-state index contributed by atoms with van der Waals surface area (Å²) in [6.45, 7) is 0. The zero-order chi connectivity index (χ0) is 17.0. The molecule has 2 aromatic rings. The molecule has 2 aromatic carbocycles. The fraction of sp³-hybridized carbons (Fsp3) is 0.278. The Kier molecular flexibility index (Phi) is 4.85. The number of ether oxygens (including phenoxy) is 1. The number of para-hydroxylation sites is 2. The van der Waals surface area contributed by atoms with Crippen molar-refractivity contribution in [1.82, 2.24) is 0 Å². The molecule has 1 aliphatic rings. The van der Waals surface area contributed by atoms with E-state index >= 15 is 0 Å². The summed E-state index contributed by atoms with van der Waals surface area (Å²) in [4.78, 5) is 0. The highest BCUT2D eigenvalue weighted by Crippen LogP contribution is 2.25. The van der Waals surface area contributed by atoms with Gasteiger partial charge in [0.15, 0.2) is 9.84 Å². The van der Waals surface area contributed by atoms with E-state index in [0.717, 1.165) is 17.0 Å². The molecule has 1 atom stereocenters. The minimum atomic E-state index is -2.98. The molecule has 0 aromatic heterocycles. The highest BCUT2D eigenvalue weighted by atomic mass is 32.2. The van der Waals surface area contributed by atoms with Crippen molar-refractivity contribution in [3.05, 3.63) is 60.2 Å². The molecule has 6 heteroatoms. The van der Waals surface area contributed by atoms with E-state index in [2.05, 4.69) is 5.10 Å². The Morgan fingerprint density at radius 3 is 2.50 bits per heavy atom. The van der Waals surface area contributed by atoms with Gasteiger partial charge in [-0.15, -0.1) is 0 Å². The molecule has 1 heterocycles. The molecular weight excluding hydrogens is 324 g/mol. The van der Waals surface area contributed by atoms with E-state index in [0.29, 0.717) is 6.42 Å². The van der Waals surface area contributed by atoms with Gasteiger partial charge < -0.3 is 4.74 Å². The second-order valence-corrected chi connectivity index (χ2v) is 7.95. The average molecular weight is 344 g/mol. The van der Waals surface area contributed by atoms with Crippen LogP contribution in [0.1, 0.15) is 12.0 Å². The number of methoxy groups -OCH3 is 1. The SMILES string of the molecule is COc1ccccc1/C=N\N(c1ccccc1)[C@@H]1CCS(=O)(=O)C1. The monoisotopic (exact) mass is 344 g/mol. The number of nitrogens with zero attached hydrogens (tertiary/aromatic N) is 2. The van der Waals surface area contributed by atoms with E-state index in [1.807, 2.05) is 54.6 Å². The number of hydrazone groups is 1. The molecule has 1 fully saturated rings. The standard InChI is InChI=1S/C18H20N2O3S/c1-23-18-10-6-5-7-15(18)13-19-20(16-8-3-2-4-9-16)17-11-12-24(21,22)14-17/h2-10,13,17H,11-12,14H2,1H3/b19-13-/t17-/m1/s1. The smallest absolute Gasteiger partial charge is 0.152 e. The number of hydrogen-bond acceptors (Lipinski definition) is 5. The van der Waals surface area contributed by atoms with Crippen molar-refractivity contribution in [2.75, 3.05) is 23.6 Å². The molecule has 0 aliphatic carbocycles. The average Bonchev–Trinajstić information content (AvgIpc) is 2.96. The summed E-state index contributed by atoms with van der Waals surface area (Å²) >= 11 is 0. The Hall–Kier alpha value is -2.34. The number of sulfone groups is 1. The fourth-order valence-corrected chi connectivity index (χ4v) is 4.51. The van der Waals surface area contributed by atoms with E-state index in [-0.39, 0.29) is 17.5 Å². The van der Waals surface area contributed by atoms with E-state index in [9.17, 15) is 8.42 Å². The Morgan fingerprint density at radius 2 is 1.83 bits per heavy atom. The van der Waals surface area contributed by atoms with Crippen molar-refractivity contribution in [2.24, 2.45) is 5.10 Å². The quantitative estimate of drug-likeness (QED) is 0.618. The maximum atomic E-state index is 11.9. The van der Waals surface area contributed by atoms with Gasteiger partial charge in [-0.2, -0.15) is 5.10 Å². The molecule has 0 saturated carbocycles. The maximum Gasteiger partial charge on any atom is 0.152 e. The molecule has 126 valence electrons. The van der Waals surface area contributed by atoms with Crippen molar-refractivity contribution in [3.63, 3.8) is 0 Å². The van der Waals surface area contributed by atoms with Gasteiger partial charge in [-0.05, 0) is 30.7 Å². The Morgan fingerprint density at radius 1 is 1.12 bits per heavy atom. The van der Waals surface area contributed by atoms with Crippen molar-refractivity contribution < 1.29 is 13.2 Å². The summed E-state index contributed by atoms with van der Waals surface area (Å²) in [6, 6.07) is 17.1. The Bertz CT molecular complexity index is 819. The first-order chi connectivity index (χ1) is 11.6. The van der Waals surface area contributed by atoms with Gasteiger partial charge in [0.25, 0.3) is 0 Å². The summed E-state index contributed by atoms with van der Waals surface area (Å²) in [5, 5.41) is 6.39. The van der Waals surface area contributed by atoms with Crippen molar-refractivity contribution in [1.29, 1.82) is 0 Å². The van der Waals surface area contributed by atoms with Crippen LogP contribution in [0.15, 0.2) is 59.7 Å². The summed E-state index contributed by atoms with van der Waals surface area (Å²) in [5.41, 5.74) is 1.73. The lowest BCUT2D eigenvalue weighted by Gasteiger charge is -2.25. The van der Waals surface area contributed by atoms with E-state index in [4.69, 9.17) is 4.74 Å². The molecular formula is C18H20N2O3S. The highest BCUT2D eigenvalue weighted by Gasteiger charge is 2.32. The first-order valence-electron chi connectivity index (χ1n) is 7.81. The van der Waals surface area contributed by atoms with Gasteiger partial charge in [0, 0.05) is 5.56 Å². The van der Waals surface area contributed by atoms with Gasteiger partial charge in [0.1, 0.15) is 5.75 Å². The predicted molar refractivity (Wildman–Crippen MR) is 96.6 cm³/mol. The van der Waals surface area contributed by atoms with Crippen LogP contribution in [0.2, 0.25) is 0 Å². The van der Waals surface area contributed by atoms with Crippen molar-refractivity contribution in [3.8, 4) is 5.75 Å². The lowest BCUT2D eigenvalue weighted by Crippen LogP contribution is -2.31. The summed E-state index contributed by atoms with van der Waals surface area (Å²) in [7, 11) is -1.37. The second kappa shape index (κ2) is 7.05. The molecule has 3 rings (SSSR count). The molecule has 1 aliphatic heterocycles. The van der Waals surface area contributed by atoms with Crippen LogP contribution in [-0.2, 0) is 9.84 Å². The van der Waals surface area contributed by atoms with Crippen LogP contribution in [0.25, 0.3) is 0 Å². The van der Waals surface area contributed by atoms with Crippen LogP contribution in [0.3, 0.4) is 0 Å².